The van der Waals surface area contributed by atoms with Crippen molar-refractivity contribution in [2.24, 2.45) is 5.92 Å². The number of aromatic nitrogens is 1. The number of thiazole rings is 1. The molecule has 3 rings (SSSR count). The molecule has 0 aliphatic heterocycles. The molecule has 1 aromatic heterocycles. The lowest BCUT2D eigenvalue weighted by Gasteiger charge is -2.28. The predicted molar refractivity (Wildman–Crippen MR) is 112 cm³/mol. The Labute approximate surface area is 174 Å². The summed E-state index contributed by atoms with van der Waals surface area (Å²) in [6, 6.07) is 7.95. The number of benzene rings is 1. The number of ether oxygens (including phenoxy) is 1. The van der Waals surface area contributed by atoms with E-state index in [0.29, 0.717) is 0 Å². The van der Waals surface area contributed by atoms with Crippen LogP contribution in [0.2, 0.25) is 0 Å². The van der Waals surface area contributed by atoms with Gasteiger partial charge in [-0.3, -0.25) is 14.4 Å². The highest BCUT2D eigenvalue weighted by Gasteiger charge is 2.35. The van der Waals surface area contributed by atoms with E-state index in [0.717, 1.165) is 40.9 Å². The smallest absolute Gasteiger partial charge is 0.310 e. The number of rotatable bonds is 7. The molecule has 1 aliphatic carbocycles. The summed E-state index contributed by atoms with van der Waals surface area (Å²) >= 11 is 1.62. The molecule has 7 nitrogen and oxygen atoms in total. The van der Waals surface area contributed by atoms with Crippen molar-refractivity contribution in [3.8, 4) is 0 Å². The third-order valence-electron chi connectivity index (χ3n) is 4.94. The second-order valence-electron chi connectivity index (χ2n) is 7.62. The van der Waals surface area contributed by atoms with Gasteiger partial charge in [0.1, 0.15) is 0 Å². The minimum atomic E-state index is -0.482. The van der Waals surface area contributed by atoms with E-state index in [1.165, 1.54) is 0 Å². The van der Waals surface area contributed by atoms with Crippen LogP contribution >= 0.6 is 11.3 Å². The monoisotopic (exact) mass is 417 g/mol. The lowest BCUT2D eigenvalue weighted by molar-refractivity contribution is -0.154. The Morgan fingerprint density at radius 1 is 1.17 bits per heavy atom. The molecule has 1 aromatic carbocycles. The molecule has 2 amide bonds. The SMILES string of the molecule is CC(C)NC(=O)CNC(=O)COC(=O)[C@H]1CCCC[C@H]1c1nc2ccccc2s1. The van der Waals surface area contributed by atoms with Gasteiger partial charge in [-0.25, -0.2) is 4.98 Å². The second kappa shape index (κ2) is 9.82. The lowest BCUT2D eigenvalue weighted by atomic mass is 9.79. The lowest BCUT2D eigenvalue weighted by Crippen LogP contribution is -2.41. The van der Waals surface area contributed by atoms with Crippen LogP contribution in [-0.2, 0) is 19.1 Å². The van der Waals surface area contributed by atoms with Crippen molar-refractivity contribution in [1.29, 1.82) is 0 Å². The number of amides is 2. The number of hydrogen-bond acceptors (Lipinski definition) is 6. The van der Waals surface area contributed by atoms with Gasteiger partial charge in [-0.15, -0.1) is 11.3 Å². The zero-order chi connectivity index (χ0) is 20.8. The van der Waals surface area contributed by atoms with Crippen LogP contribution in [0.5, 0.6) is 0 Å². The van der Waals surface area contributed by atoms with Crippen molar-refractivity contribution in [3.63, 3.8) is 0 Å². The number of carbonyl (C=O) groups excluding carboxylic acids is 3. The molecular formula is C21H27N3O4S. The first kappa shape index (κ1) is 21.2. The van der Waals surface area contributed by atoms with Crippen LogP contribution in [0.1, 0.15) is 50.5 Å². The predicted octanol–water partition coefficient (Wildman–Crippen LogP) is 2.75. The van der Waals surface area contributed by atoms with Crippen molar-refractivity contribution in [1.82, 2.24) is 15.6 Å². The number of para-hydroxylation sites is 1. The molecule has 0 bridgehead atoms. The molecule has 0 radical (unpaired) electrons. The zero-order valence-corrected chi connectivity index (χ0v) is 17.6. The molecule has 2 atom stereocenters. The van der Waals surface area contributed by atoms with Crippen molar-refractivity contribution in [2.45, 2.75) is 51.5 Å². The molecule has 2 aromatic rings. The fraction of sp³-hybridized carbons (Fsp3) is 0.524. The summed E-state index contributed by atoms with van der Waals surface area (Å²) in [5, 5.41) is 6.11. The first-order valence-corrected chi connectivity index (χ1v) is 10.8. The van der Waals surface area contributed by atoms with Gasteiger partial charge in [-0.1, -0.05) is 25.0 Å². The van der Waals surface area contributed by atoms with Gasteiger partial charge in [0.2, 0.25) is 5.91 Å². The Kier molecular flexibility index (Phi) is 7.19. The molecular weight excluding hydrogens is 390 g/mol. The first-order chi connectivity index (χ1) is 13.9. The Morgan fingerprint density at radius 3 is 2.69 bits per heavy atom. The maximum Gasteiger partial charge on any atom is 0.310 e. The van der Waals surface area contributed by atoms with Gasteiger partial charge in [0.25, 0.3) is 5.91 Å². The summed E-state index contributed by atoms with van der Waals surface area (Å²) in [7, 11) is 0. The van der Waals surface area contributed by atoms with Crippen molar-refractivity contribution < 1.29 is 19.1 Å². The molecule has 0 spiro atoms. The van der Waals surface area contributed by atoms with Crippen molar-refractivity contribution >= 4 is 39.3 Å². The highest BCUT2D eigenvalue weighted by molar-refractivity contribution is 7.18. The summed E-state index contributed by atoms with van der Waals surface area (Å²) < 4.78 is 6.39. The molecule has 1 heterocycles. The van der Waals surface area contributed by atoms with E-state index >= 15 is 0 Å². The highest BCUT2D eigenvalue weighted by Crippen LogP contribution is 2.41. The van der Waals surface area contributed by atoms with Crippen LogP contribution in [-0.4, -0.2) is 42.0 Å². The van der Waals surface area contributed by atoms with Gasteiger partial charge in [0.05, 0.1) is 27.7 Å². The van der Waals surface area contributed by atoms with Crippen molar-refractivity contribution in [3.05, 3.63) is 29.3 Å². The number of nitrogens with one attached hydrogen (secondary N) is 2. The molecule has 29 heavy (non-hydrogen) atoms. The van der Waals surface area contributed by atoms with Crippen LogP contribution in [0.3, 0.4) is 0 Å². The fourth-order valence-corrected chi connectivity index (χ4v) is 4.77. The van der Waals surface area contributed by atoms with E-state index in [1.807, 2.05) is 38.1 Å². The molecule has 1 aliphatic rings. The molecule has 0 unspecified atom stereocenters. The zero-order valence-electron chi connectivity index (χ0n) is 16.8. The second-order valence-corrected chi connectivity index (χ2v) is 8.69. The maximum absolute atomic E-state index is 12.7. The van der Waals surface area contributed by atoms with Crippen LogP contribution in [0.15, 0.2) is 24.3 Å². The summed E-state index contributed by atoms with van der Waals surface area (Å²) in [5.41, 5.74) is 0.948. The molecule has 1 fully saturated rings. The minimum Gasteiger partial charge on any atom is -0.455 e. The van der Waals surface area contributed by atoms with Gasteiger partial charge >= 0.3 is 5.97 Å². The normalized spacial score (nSPS) is 19.1. The number of fused-ring (bicyclic) bond motifs is 1. The third kappa shape index (κ3) is 5.76. The Hall–Kier alpha value is -2.48. The van der Waals surface area contributed by atoms with Gasteiger partial charge in [0, 0.05) is 12.0 Å². The van der Waals surface area contributed by atoms with E-state index in [4.69, 9.17) is 9.72 Å². The van der Waals surface area contributed by atoms with Gasteiger partial charge in [-0.2, -0.15) is 0 Å². The average molecular weight is 418 g/mol. The van der Waals surface area contributed by atoms with Gasteiger partial charge < -0.3 is 15.4 Å². The van der Waals surface area contributed by atoms with E-state index in [9.17, 15) is 14.4 Å². The average Bonchev–Trinajstić information content (AvgIpc) is 3.14. The summed E-state index contributed by atoms with van der Waals surface area (Å²) in [4.78, 5) is 40.9. The quantitative estimate of drug-likeness (QED) is 0.675. The Bertz CT molecular complexity index is 847. The minimum absolute atomic E-state index is 0.00275. The van der Waals surface area contributed by atoms with Crippen LogP contribution in [0, 0.1) is 5.92 Å². The molecule has 8 heteroatoms. The Morgan fingerprint density at radius 2 is 1.93 bits per heavy atom. The van der Waals surface area contributed by atoms with Crippen LogP contribution in [0.4, 0.5) is 0 Å². The standard InChI is InChI=1S/C21H27N3O4S/c1-13(2)23-18(25)11-22-19(26)12-28-21(27)15-8-4-3-7-14(15)20-24-16-9-5-6-10-17(16)29-20/h5-6,9-10,13-15H,3-4,7-8,11-12H2,1-2H3,(H,22,26)(H,23,25)/t14-,15+/m1/s1. The van der Waals surface area contributed by atoms with E-state index in [-0.39, 0.29) is 42.9 Å². The number of hydrogen-bond donors (Lipinski definition) is 2. The molecule has 0 saturated heterocycles. The summed E-state index contributed by atoms with van der Waals surface area (Å²) in [6.07, 6.45) is 3.64. The number of nitrogens with zero attached hydrogens (tertiary/aromatic N) is 1. The molecule has 156 valence electrons. The maximum atomic E-state index is 12.7. The fourth-order valence-electron chi connectivity index (χ4n) is 3.60. The molecule has 2 N–H and O–H groups in total. The highest BCUT2D eigenvalue weighted by atomic mass is 32.1. The topological polar surface area (TPSA) is 97.4 Å². The first-order valence-electron chi connectivity index (χ1n) is 10.0. The van der Waals surface area contributed by atoms with E-state index in [2.05, 4.69) is 10.6 Å². The largest absolute Gasteiger partial charge is 0.455 e. The summed E-state index contributed by atoms with van der Waals surface area (Å²) in [5.74, 6) is -1.39. The molecule has 1 saturated carbocycles. The van der Waals surface area contributed by atoms with Crippen LogP contribution in [0.25, 0.3) is 10.2 Å². The van der Waals surface area contributed by atoms with Crippen LogP contribution < -0.4 is 10.6 Å². The van der Waals surface area contributed by atoms with E-state index in [1.54, 1.807) is 11.3 Å². The van der Waals surface area contributed by atoms with E-state index < -0.39 is 5.91 Å². The summed E-state index contributed by atoms with van der Waals surface area (Å²) in [6.45, 7) is 3.17. The number of esters is 1. The van der Waals surface area contributed by atoms with Crippen molar-refractivity contribution in [2.75, 3.05) is 13.2 Å². The van der Waals surface area contributed by atoms with Gasteiger partial charge in [-0.05, 0) is 38.8 Å². The third-order valence-corrected chi connectivity index (χ3v) is 6.11. The number of carbonyl (C=O) groups is 3. The Balaban J connectivity index is 1.55. The van der Waals surface area contributed by atoms with Gasteiger partial charge in [0.15, 0.2) is 6.61 Å².